The number of hydrogen-bond donors (Lipinski definition) is 4. The fourth-order valence-electron chi connectivity index (χ4n) is 3.27. The molecule has 0 bridgehead atoms. The van der Waals surface area contributed by atoms with Crippen LogP contribution in [0.5, 0.6) is 0 Å². The lowest BCUT2D eigenvalue weighted by molar-refractivity contribution is 0.261. The van der Waals surface area contributed by atoms with Crippen LogP contribution in [0.3, 0.4) is 0 Å². The SMILES string of the molecule is C#C.C/C=C(\CC)CO.C/C=C\C/C=C/C=N/C(=C\NC)c1ccc(Cl)cc1Cl.C=C/C=C/C1=CC=C(OC/C=C/NS(C)=O)C=CC1.CO. The van der Waals surface area contributed by atoms with Gasteiger partial charge in [-0.1, -0.05) is 91.4 Å². The van der Waals surface area contributed by atoms with Gasteiger partial charge in [-0.25, -0.2) is 4.21 Å². The van der Waals surface area contributed by atoms with E-state index in [0.717, 1.165) is 49.0 Å². The highest BCUT2D eigenvalue weighted by molar-refractivity contribution is 7.82. The molecule has 0 heterocycles. The monoisotopic (exact) mass is 743 g/mol. The molecule has 7 nitrogen and oxygen atoms in total. The highest BCUT2D eigenvalue weighted by atomic mass is 35.5. The van der Waals surface area contributed by atoms with Gasteiger partial charge < -0.3 is 25.0 Å². The lowest BCUT2D eigenvalue weighted by Gasteiger charge is -2.05. The number of hydrogen-bond acceptors (Lipinski definition) is 6. The second-order valence-electron chi connectivity index (χ2n) is 9.21. The molecule has 0 amide bonds. The second kappa shape index (κ2) is 37.7. The Morgan fingerprint density at radius 1 is 1.14 bits per heavy atom. The summed E-state index contributed by atoms with van der Waals surface area (Å²) in [6, 6.07) is 5.36. The number of nitrogens with one attached hydrogen (secondary N) is 2. The van der Waals surface area contributed by atoms with Gasteiger partial charge in [-0.05, 0) is 86.8 Å². The summed E-state index contributed by atoms with van der Waals surface area (Å²) in [5.41, 5.74) is 3.90. The molecule has 0 saturated heterocycles. The third-order valence-electron chi connectivity index (χ3n) is 5.74. The molecule has 4 N–H and O–H groups in total. The zero-order valence-corrected chi connectivity index (χ0v) is 32.5. The zero-order valence-electron chi connectivity index (χ0n) is 30.2. The summed E-state index contributed by atoms with van der Waals surface area (Å²) in [4.78, 5) is 4.41. The van der Waals surface area contributed by atoms with Crippen LogP contribution in [0.15, 0.2) is 138 Å². The predicted octanol–water partition coefficient (Wildman–Crippen LogP) is 9.21. The summed E-state index contributed by atoms with van der Waals surface area (Å²) in [5, 5.41) is 19.6. The minimum absolute atomic E-state index is 0.215. The van der Waals surface area contributed by atoms with Gasteiger partial charge in [0.25, 0.3) is 0 Å². The maximum atomic E-state index is 10.7. The number of rotatable bonds is 15. The zero-order chi connectivity index (χ0) is 38.4. The minimum Gasteiger partial charge on any atom is -0.489 e. The first kappa shape index (κ1) is 50.3. The lowest BCUT2D eigenvalue weighted by atomic mass is 10.1. The Morgan fingerprint density at radius 2 is 1.86 bits per heavy atom. The number of aliphatic hydroxyl groups excluding tert-OH is 2. The molecule has 1 aromatic rings. The van der Waals surface area contributed by atoms with Gasteiger partial charge in [0.05, 0.1) is 17.3 Å². The Morgan fingerprint density at radius 3 is 2.40 bits per heavy atom. The lowest BCUT2D eigenvalue weighted by Crippen LogP contribution is -2.06. The summed E-state index contributed by atoms with van der Waals surface area (Å²) >= 11 is 12.1. The fraction of sp³-hybridized carbons (Fsp3) is 0.275. The van der Waals surface area contributed by atoms with Gasteiger partial charge in [0.15, 0.2) is 0 Å². The molecule has 10 heteroatoms. The number of allylic oxidation sites excluding steroid dienone is 13. The standard InChI is InChI=1S/C16H18Cl2N2.C15H19NO2S.C6H12O.C2H2.CH4O/c1-3-4-5-6-7-10-20-16(12-19-2)14-9-8-13(17)11-15(14)18;1-3-4-7-14-8-5-9-15(11-10-14)18-13-6-12-16-19(2)17;1-3-6(4-2)5-7;2*1-2/h3-4,6-12,19H,5H2,1-2H3;3-7,9-12,16H,1,8,13H2,2H3;3,7H,4-5H2,1-2H3;1-2H;2H,1H3/b4-3-,7-6+,16-12-,20-10+;7-4+,12-6+;6-3+;;. The van der Waals surface area contributed by atoms with E-state index in [9.17, 15) is 4.21 Å². The third-order valence-corrected chi connectivity index (χ3v) is 6.75. The molecule has 0 fully saturated rings. The van der Waals surface area contributed by atoms with E-state index in [1.165, 1.54) is 5.57 Å². The van der Waals surface area contributed by atoms with E-state index in [2.05, 4.69) is 46.6 Å². The van der Waals surface area contributed by atoms with Gasteiger partial charge in [0.1, 0.15) is 23.4 Å². The molecule has 0 aromatic heterocycles. The van der Waals surface area contributed by atoms with Crippen LogP contribution < -0.4 is 10.0 Å². The number of aliphatic imine (C=N–C) groups is 1. The Hall–Kier alpha value is -4.10. The number of benzene rings is 1. The largest absolute Gasteiger partial charge is 0.489 e. The number of terminal acetylenes is 1. The Balaban J connectivity index is -0.000000687. The van der Waals surface area contributed by atoms with Crippen molar-refractivity contribution in [3.8, 4) is 12.8 Å². The van der Waals surface area contributed by atoms with Crippen LogP contribution in [0.4, 0.5) is 0 Å². The van der Waals surface area contributed by atoms with Crippen molar-refractivity contribution in [2.75, 3.05) is 33.6 Å². The van der Waals surface area contributed by atoms with Crippen LogP contribution in [-0.4, -0.2) is 54.3 Å². The second-order valence-corrected chi connectivity index (χ2v) is 11.2. The van der Waals surface area contributed by atoms with E-state index in [1.807, 2.05) is 88.6 Å². The van der Waals surface area contributed by atoms with E-state index in [1.54, 1.807) is 49.2 Å². The molecule has 0 saturated carbocycles. The molecule has 0 aliphatic heterocycles. The van der Waals surface area contributed by atoms with Gasteiger partial charge in [-0.3, -0.25) is 4.99 Å². The molecule has 0 radical (unpaired) electrons. The predicted molar refractivity (Wildman–Crippen MR) is 221 cm³/mol. The van der Waals surface area contributed by atoms with Crippen molar-refractivity contribution in [2.24, 2.45) is 4.99 Å². The number of ether oxygens (including phenoxy) is 1. The van der Waals surface area contributed by atoms with Crippen LogP contribution in [0.2, 0.25) is 10.0 Å². The van der Waals surface area contributed by atoms with Crippen molar-refractivity contribution in [1.82, 2.24) is 10.0 Å². The summed E-state index contributed by atoms with van der Waals surface area (Å²) in [7, 11) is 1.79. The molecule has 1 aliphatic rings. The van der Waals surface area contributed by atoms with Crippen LogP contribution in [0.25, 0.3) is 5.70 Å². The Kier molecular flexibility index (Phi) is 37.9. The third kappa shape index (κ3) is 28.9. The Bertz CT molecular complexity index is 1410. The van der Waals surface area contributed by atoms with Crippen LogP contribution in [0.1, 0.15) is 45.6 Å². The van der Waals surface area contributed by atoms with E-state index in [4.69, 9.17) is 38.2 Å². The van der Waals surface area contributed by atoms with Crippen LogP contribution in [0, 0.1) is 12.8 Å². The summed E-state index contributed by atoms with van der Waals surface area (Å²) in [6.45, 7) is 10.3. The van der Waals surface area contributed by atoms with Crippen molar-refractivity contribution >= 4 is 46.1 Å². The number of nitrogens with zero attached hydrogens (tertiary/aromatic N) is 1. The van der Waals surface area contributed by atoms with Gasteiger partial charge in [0, 0.05) is 49.6 Å². The first-order valence-corrected chi connectivity index (χ1v) is 18.0. The van der Waals surface area contributed by atoms with E-state index < -0.39 is 11.0 Å². The summed E-state index contributed by atoms with van der Waals surface area (Å²) < 4.78 is 19.0. The molecule has 0 spiro atoms. The first-order valence-electron chi connectivity index (χ1n) is 15.7. The van der Waals surface area contributed by atoms with Crippen molar-refractivity contribution in [3.05, 3.63) is 149 Å². The quantitative estimate of drug-likeness (QED) is 0.0621. The fourth-order valence-corrected chi connectivity index (χ4v) is 4.07. The van der Waals surface area contributed by atoms with E-state index in [0.29, 0.717) is 16.7 Å². The smallest absolute Gasteiger partial charge is 0.119 e. The summed E-state index contributed by atoms with van der Waals surface area (Å²) in [6.07, 6.45) is 42.9. The highest BCUT2D eigenvalue weighted by Crippen LogP contribution is 2.27. The Labute approximate surface area is 314 Å². The van der Waals surface area contributed by atoms with E-state index in [-0.39, 0.29) is 6.61 Å². The average Bonchev–Trinajstić information content (AvgIpc) is 3.36. The molecule has 1 aromatic carbocycles. The van der Waals surface area contributed by atoms with Crippen molar-refractivity contribution < 1.29 is 19.2 Å². The van der Waals surface area contributed by atoms with Crippen molar-refractivity contribution in [1.29, 1.82) is 0 Å². The normalized spacial score (nSPS) is 13.4. The maximum Gasteiger partial charge on any atom is 0.119 e. The maximum absolute atomic E-state index is 10.7. The first-order chi connectivity index (χ1) is 24.3. The molecule has 1 aliphatic carbocycles. The van der Waals surface area contributed by atoms with Crippen molar-refractivity contribution in [3.63, 3.8) is 0 Å². The molecular weight excluding hydrogens is 689 g/mol. The molecule has 2 rings (SSSR count). The van der Waals surface area contributed by atoms with Crippen LogP contribution >= 0.6 is 23.2 Å². The van der Waals surface area contributed by atoms with E-state index >= 15 is 0 Å². The van der Waals surface area contributed by atoms with Gasteiger partial charge in [-0.15, -0.1) is 12.8 Å². The molecule has 1 unspecified atom stereocenters. The van der Waals surface area contributed by atoms with Crippen LogP contribution in [-0.2, 0) is 15.7 Å². The minimum atomic E-state index is -1.03. The highest BCUT2D eigenvalue weighted by Gasteiger charge is 2.05. The average molecular weight is 745 g/mol. The number of halogens is 2. The van der Waals surface area contributed by atoms with Gasteiger partial charge in [-0.2, -0.15) is 0 Å². The topological polar surface area (TPSA) is 103 Å². The van der Waals surface area contributed by atoms with Gasteiger partial charge in [0.2, 0.25) is 0 Å². The molecule has 274 valence electrons. The van der Waals surface area contributed by atoms with Gasteiger partial charge >= 0.3 is 0 Å². The molecular formula is C40H55Cl2N3O4S. The molecule has 1 atom stereocenters. The number of aliphatic hydroxyl groups is 2. The van der Waals surface area contributed by atoms with Crippen molar-refractivity contribution in [2.45, 2.75) is 40.0 Å². The molecule has 50 heavy (non-hydrogen) atoms. The summed E-state index contributed by atoms with van der Waals surface area (Å²) in [5.74, 6) is 0.810.